The van der Waals surface area contributed by atoms with E-state index in [1.165, 1.54) is 7.11 Å². The first-order valence-corrected chi connectivity index (χ1v) is 8.38. The number of rotatable bonds is 4. The fraction of sp³-hybridized carbons (Fsp3) is 0.923. The van der Waals surface area contributed by atoms with Crippen molar-refractivity contribution in [2.45, 2.75) is 55.9 Å². The highest BCUT2D eigenvalue weighted by atomic mass is 32.2. The third-order valence-electron chi connectivity index (χ3n) is 4.19. The molecule has 2 aliphatic carbocycles. The Hall–Kier alpha value is -0.580. The predicted molar refractivity (Wildman–Crippen MR) is 68.9 cm³/mol. The second kappa shape index (κ2) is 5.19. The monoisotopic (exact) mass is 274 g/mol. The van der Waals surface area contributed by atoms with Crippen molar-refractivity contribution < 1.29 is 17.9 Å². The van der Waals surface area contributed by atoms with Crippen molar-refractivity contribution >= 4 is 15.8 Å². The van der Waals surface area contributed by atoms with Gasteiger partial charge >= 0.3 is 5.97 Å². The summed E-state index contributed by atoms with van der Waals surface area (Å²) >= 11 is 0. The smallest absolute Gasteiger partial charge is 0.324 e. The van der Waals surface area contributed by atoms with Gasteiger partial charge in [-0.1, -0.05) is 19.8 Å². The molecule has 0 aromatic heterocycles. The van der Waals surface area contributed by atoms with Crippen LogP contribution in [0.25, 0.3) is 0 Å². The Morgan fingerprint density at radius 1 is 1.22 bits per heavy atom. The first-order valence-electron chi connectivity index (χ1n) is 6.77. The molecule has 0 aliphatic heterocycles. The van der Waals surface area contributed by atoms with Gasteiger partial charge in [-0.05, 0) is 37.5 Å². The maximum Gasteiger partial charge on any atom is 0.324 e. The molecule has 0 aromatic carbocycles. The summed E-state index contributed by atoms with van der Waals surface area (Å²) in [6, 6.07) is 0. The largest absolute Gasteiger partial charge is 0.468 e. The van der Waals surface area contributed by atoms with Crippen LogP contribution in [0.5, 0.6) is 0 Å². The molecule has 3 unspecified atom stereocenters. The molecular weight excluding hydrogens is 252 g/mol. The average Bonchev–Trinajstić information content (AvgIpc) is 3.13. The minimum Gasteiger partial charge on any atom is -0.468 e. The number of hydrogen-bond donors (Lipinski definition) is 0. The van der Waals surface area contributed by atoms with Crippen LogP contribution in [0.3, 0.4) is 0 Å². The Kier molecular flexibility index (Phi) is 3.99. The summed E-state index contributed by atoms with van der Waals surface area (Å²) in [5, 5.41) is -1.25. The van der Waals surface area contributed by atoms with Crippen molar-refractivity contribution in [1.82, 2.24) is 0 Å². The molecule has 3 atom stereocenters. The lowest BCUT2D eigenvalue weighted by atomic mass is 9.90. The Balaban J connectivity index is 2.19. The highest BCUT2D eigenvalue weighted by molar-refractivity contribution is 7.93. The zero-order valence-electron chi connectivity index (χ0n) is 11.1. The van der Waals surface area contributed by atoms with Crippen LogP contribution in [0.4, 0.5) is 0 Å². The Morgan fingerprint density at radius 3 is 2.39 bits per heavy atom. The number of ether oxygens (including phenoxy) is 1. The molecule has 0 bridgehead atoms. The van der Waals surface area contributed by atoms with E-state index < -0.39 is 21.1 Å². The highest BCUT2D eigenvalue weighted by Crippen LogP contribution is 2.40. The molecule has 0 aromatic rings. The zero-order valence-corrected chi connectivity index (χ0v) is 11.9. The number of carbonyl (C=O) groups excluding carboxylic acids is 1. The van der Waals surface area contributed by atoms with E-state index in [-0.39, 0.29) is 11.2 Å². The summed E-state index contributed by atoms with van der Waals surface area (Å²) in [7, 11) is -2.11. The lowest BCUT2D eigenvalue weighted by molar-refractivity contribution is -0.140. The SMILES string of the molecule is COC(=O)C(C1CC1)S(=O)(=O)C1CCCC(C)C1. The first kappa shape index (κ1) is 13.8. The van der Waals surface area contributed by atoms with Crippen molar-refractivity contribution in [3.63, 3.8) is 0 Å². The van der Waals surface area contributed by atoms with E-state index in [1.807, 2.05) is 0 Å². The summed E-state index contributed by atoms with van der Waals surface area (Å²) in [4.78, 5) is 11.8. The van der Waals surface area contributed by atoms with Gasteiger partial charge in [0.15, 0.2) is 15.1 Å². The molecule has 4 nitrogen and oxygen atoms in total. The van der Waals surface area contributed by atoms with Gasteiger partial charge in [-0.2, -0.15) is 0 Å². The zero-order chi connectivity index (χ0) is 13.3. The van der Waals surface area contributed by atoms with Gasteiger partial charge in [0.25, 0.3) is 0 Å². The summed E-state index contributed by atoms with van der Waals surface area (Å²) in [6.07, 6.45) is 5.11. The van der Waals surface area contributed by atoms with Crippen LogP contribution in [0, 0.1) is 11.8 Å². The molecule has 0 heterocycles. The van der Waals surface area contributed by atoms with E-state index in [0.29, 0.717) is 18.8 Å². The van der Waals surface area contributed by atoms with Crippen LogP contribution in [0.2, 0.25) is 0 Å². The number of hydrogen-bond acceptors (Lipinski definition) is 4. The van der Waals surface area contributed by atoms with Crippen molar-refractivity contribution in [1.29, 1.82) is 0 Å². The van der Waals surface area contributed by atoms with E-state index in [1.54, 1.807) is 0 Å². The molecule has 0 amide bonds. The fourth-order valence-corrected chi connectivity index (χ4v) is 5.67. The van der Waals surface area contributed by atoms with Crippen LogP contribution in [0.15, 0.2) is 0 Å². The molecule has 0 radical (unpaired) electrons. The second-order valence-electron chi connectivity index (χ2n) is 5.76. The van der Waals surface area contributed by atoms with E-state index in [9.17, 15) is 13.2 Å². The minimum absolute atomic E-state index is 0.000294. The van der Waals surface area contributed by atoms with Gasteiger partial charge in [0.1, 0.15) is 0 Å². The minimum atomic E-state index is -3.38. The van der Waals surface area contributed by atoms with E-state index in [2.05, 4.69) is 6.92 Å². The molecule has 0 saturated heterocycles. The topological polar surface area (TPSA) is 60.4 Å². The van der Waals surface area contributed by atoms with Gasteiger partial charge in [-0.15, -0.1) is 0 Å². The average molecular weight is 274 g/mol. The van der Waals surface area contributed by atoms with Crippen LogP contribution in [-0.4, -0.2) is 32.0 Å². The normalized spacial score (nSPS) is 30.8. The summed E-state index contributed by atoms with van der Waals surface area (Å²) in [5.41, 5.74) is 0. The third-order valence-corrected chi connectivity index (χ3v) is 6.83. The molecular formula is C13H22O4S. The van der Waals surface area contributed by atoms with Gasteiger partial charge in [0.05, 0.1) is 12.4 Å². The van der Waals surface area contributed by atoms with Gasteiger partial charge < -0.3 is 4.74 Å². The van der Waals surface area contributed by atoms with Crippen molar-refractivity contribution in [3.05, 3.63) is 0 Å². The Labute approximate surface area is 109 Å². The van der Waals surface area contributed by atoms with Crippen molar-refractivity contribution in [2.75, 3.05) is 7.11 Å². The number of sulfone groups is 1. The molecule has 2 saturated carbocycles. The van der Waals surface area contributed by atoms with Gasteiger partial charge in [0.2, 0.25) is 0 Å². The lowest BCUT2D eigenvalue weighted by Crippen LogP contribution is -2.41. The maximum absolute atomic E-state index is 12.6. The highest BCUT2D eigenvalue weighted by Gasteiger charge is 2.49. The summed E-state index contributed by atoms with van der Waals surface area (Å²) in [6.45, 7) is 2.09. The molecule has 104 valence electrons. The number of esters is 1. The predicted octanol–water partition coefficient (Wildman–Crippen LogP) is 1.93. The van der Waals surface area contributed by atoms with E-state index in [4.69, 9.17) is 4.74 Å². The first-order chi connectivity index (χ1) is 8.46. The second-order valence-corrected chi connectivity index (χ2v) is 8.12. The van der Waals surface area contributed by atoms with Crippen LogP contribution >= 0.6 is 0 Å². The molecule has 2 rings (SSSR count). The van der Waals surface area contributed by atoms with Crippen molar-refractivity contribution in [3.8, 4) is 0 Å². The van der Waals surface area contributed by atoms with Gasteiger partial charge in [0, 0.05) is 0 Å². The molecule has 0 N–H and O–H groups in total. The molecule has 18 heavy (non-hydrogen) atoms. The van der Waals surface area contributed by atoms with E-state index >= 15 is 0 Å². The van der Waals surface area contributed by atoms with E-state index in [0.717, 1.165) is 25.7 Å². The third kappa shape index (κ3) is 2.71. The van der Waals surface area contributed by atoms with Crippen molar-refractivity contribution in [2.24, 2.45) is 11.8 Å². The Morgan fingerprint density at radius 2 is 1.89 bits per heavy atom. The van der Waals surface area contributed by atoms with Crippen LogP contribution in [0.1, 0.15) is 45.4 Å². The Bertz CT molecular complexity index is 411. The molecule has 2 fully saturated rings. The summed E-state index contributed by atoms with van der Waals surface area (Å²) < 4.78 is 29.9. The van der Waals surface area contributed by atoms with Crippen LogP contribution in [-0.2, 0) is 19.4 Å². The van der Waals surface area contributed by atoms with Gasteiger partial charge in [-0.25, -0.2) is 8.42 Å². The number of methoxy groups -OCH3 is 1. The quantitative estimate of drug-likeness (QED) is 0.735. The molecule has 2 aliphatic rings. The standard InChI is InChI=1S/C13H22O4S/c1-9-4-3-5-11(8-9)18(15,16)12(10-6-7-10)13(14)17-2/h9-12H,3-8H2,1-2H3. The summed E-state index contributed by atoms with van der Waals surface area (Å²) in [5.74, 6) is -0.119. The fourth-order valence-electron chi connectivity index (χ4n) is 2.99. The van der Waals surface area contributed by atoms with Gasteiger partial charge in [-0.3, -0.25) is 4.79 Å². The maximum atomic E-state index is 12.6. The lowest BCUT2D eigenvalue weighted by Gasteiger charge is -2.29. The number of carbonyl (C=O) groups is 1. The van der Waals surface area contributed by atoms with Crippen LogP contribution < -0.4 is 0 Å². The molecule has 0 spiro atoms. The molecule has 5 heteroatoms.